The topological polar surface area (TPSA) is 64.0 Å². The fourth-order valence-corrected chi connectivity index (χ4v) is 4.29. The largest absolute Gasteiger partial charge is 0.416 e. The van der Waals surface area contributed by atoms with Gasteiger partial charge in [-0.1, -0.05) is 25.6 Å². The van der Waals surface area contributed by atoms with Gasteiger partial charge in [-0.15, -0.1) is 11.3 Å². The molecule has 0 aliphatic rings. The number of halogens is 3. The highest BCUT2D eigenvalue weighted by molar-refractivity contribution is 7.99. The van der Waals surface area contributed by atoms with Crippen LogP contribution >= 0.6 is 23.1 Å². The minimum Gasteiger partial charge on any atom is -0.325 e. The molecule has 0 aliphatic carbocycles. The Labute approximate surface area is 179 Å². The van der Waals surface area contributed by atoms with E-state index in [9.17, 15) is 22.8 Å². The molecule has 10 heteroatoms. The molecule has 0 fully saturated rings. The van der Waals surface area contributed by atoms with Crippen molar-refractivity contribution in [1.82, 2.24) is 9.55 Å². The van der Waals surface area contributed by atoms with Crippen LogP contribution in [0.3, 0.4) is 0 Å². The van der Waals surface area contributed by atoms with Crippen LogP contribution in [-0.2, 0) is 17.5 Å². The van der Waals surface area contributed by atoms with Crippen LogP contribution in [0.2, 0.25) is 0 Å². The van der Waals surface area contributed by atoms with Crippen LogP contribution < -0.4 is 10.9 Å². The van der Waals surface area contributed by atoms with Crippen molar-refractivity contribution in [1.29, 1.82) is 0 Å². The van der Waals surface area contributed by atoms with Crippen molar-refractivity contribution in [3.8, 4) is 0 Å². The number of thioether (sulfide) groups is 1. The number of hydrogen-bond donors (Lipinski definition) is 1. The first-order chi connectivity index (χ1) is 14.1. The summed E-state index contributed by atoms with van der Waals surface area (Å²) in [5.41, 5.74) is -0.0397. The molecular formula is C20H20F3N3O2S2. The van der Waals surface area contributed by atoms with Gasteiger partial charge in [-0.25, -0.2) is 4.98 Å². The Balaban J connectivity index is 1.72. The van der Waals surface area contributed by atoms with Crippen molar-refractivity contribution in [2.45, 2.75) is 38.1 Å². The van der Waals surface area contributed by atoms with Crippen molar-refractivity contribution in [2.24, 2.45) is 5.92 Å². The Bertz CT molecular complexity index is 1090. The summed E-state index contributed by atoms with van der Waals surface area (Å²) >= 11 is 2.47. The summed E-state index contributed by atoms with van der Waals surface area (Å²) < 4.78 is 40.1. The molecule has 1 amide bonds. The zero-order chi connectivity index (χ0) is 21.9. The number of aromatic nitrogens is 2. The molecule has 3 rings (SSSR count). The van der Waals surface area contributed by atoms with Crippen molar-refractivity contribution >= 4 is 44.9 Å². The minimum atomic E-state index is -4.43. The molecule has 0 radical (unpaired) electrons. The van der Waals surface area contributed by atoms with E-state index in [0.717, 1.165) is 30.3 Å². The summed E-state index contributed by atoms with van der Waals surface area (Å²) in [5.74, 6) is -0.0169. The van der Waals surface area contributed by atoms with E-state index in [1.165, 1.54) is 23.5 Å². The van der Waals surface area contributed by atoms with Crippen molar-refractivity contribution in [2.75, 3.05) is 11.1 Å². The molecule has 160 valence electrons. The van der Waals surface area contributed by atoms with Gasteiger partial charge in [0.05, 0.1) is 16.8 Å². The highest BCUT2D eigenvalue weighted by atomic mass is 32.2. The molecule has 0 saturated heterocycles. The maximum absolute atomic E-state index is 12.8. The van der Waals surface area contributed by atoms with Gasteiger partial charge in [-0.05, 0) is 48.1 Å². The van der Waals surface area contributed by atoms with Gasteiger partial charge in [0.2, 0.25) is 5.91 Å². The molecule has 1 N–H and O–H groups in total. The lowest BCUT2D eigenvalue weighted by Crippen LogP contribution is -2.24. The van der Waals surface area contributed by atoms with E-state index in [1.807, 2.05) is 0 Å². The number of nitrogens with one attached hydrogen (secondary N) is 1. The van der Waals surface area contributed by atoms with E-state index in [-0.39, 0.29) is 17.0 Å². The summed E-state index contributed by atoms with van der Waals surface area (Å²) in [6.45, 7) is 4.62. The van der Waals surface area contributed by atoms with Gasteiger partial charge in [0.1, 0.15) is 4.70 Å². The lowest BCUT2D eigenvalue weighted by Gasteiger charge is -2.13. The van der Waals surface area contributed by atoms with Gasteiger partial charge in [0.25, 0.3) is 5.56 Å². The maximum Gasteiger partial charge on any atom is 0.416 e. The van der Waals surface area contributed by atoms with Gasteiger partial charge in [-0.2, -0.15) is 13.2 Å². The molecule has 1 aromatic carbocycles. The standard InChI is InChI=1S/C20H20F3N3O2S2/c1-12(2)7-9-26-18(28)17-15(8-10-29-17)25-19(26)30-11-16(27)24-14-5-3-13(4-6-14)20(21,22)23/h3-6,8,10,12H,7,9,11H2,1-2H3,(H,24,27). The molecule has 0 bridgehead atoms. The number of carbonyl (C=O) groups is 1. The molecular weight excluding hydrogens is 435 g/mol. The van der Waals surface area contributed by atoms with Gasteiger partial charge < -0.3 is 5.32 Å². The van der Waals surface area contributed by atoms with Crippen LogP contribution in [0, 0.1) is 5.92 Å². The fraction of sp³-hybridized carbons (Fsp3) is 0.350. The lowest BCUT2D eigenvalue weighted by atomic mass is 10.1. The number of hydrogen-bond acceptors (Lipinski definition) is 5. The number of carbonyl (C=O) groups excluding carboxylic acids is 1. The van der Waals surface area contributed by atoms with E-state index in [0.29, 0.717) is 27.8 Å². The summed E-state index contributed by atoms with van der Waals surface area (Å²) in [5, 5.41) is 4.82. The summed E-state index contributed by atoms with van der Waals surface area (Å²) in [7, 11) is 0. The zero-order valence-corrected chi connectivity index (χ0v) is 18.0. The quantitative estimate of drug-likeness (QED) is 0.390. The maximum atomic E-state index is 12.8. The van der Waals surface area contributed by atoms with Gasteiger partial charge in [0, 0.05) is 12.2 Å². The first kappa shape index (κ1) is 22.4. The third kappa shape index (κ3) is 5.42. The summed E-state index contributed by atoms with van der Waals surface area (Å²) in [6.07, 6.45) is -3.63. The van der Waals surface area contributed by atoms with Gasteiger partial charge in [-0.3, -0.25) is 14.2 Å². The van der Waals surface area contributed by atoms with E-state index in [4.69, 9.17) is 0 Å². The van der Waals surface area contributed by atoms with E-state index >= 15 is 0 Å². The Hall–Kier alpha value is -2.33. The molecule has 0 spiro atoms. The monoisotopic (exact) mass is 455 g/mol. The average molecular weight is 456 g/mol. The lowest BCUT2D eigenvalue weighted by molar-refractivity contribution is -0.137. The molecule has 0 unspecified atom stereocenters. The second-order valence-electron chi connectivity index (χ2n) is 7.08. The third-order valence-electron chi connectivity index (χ3n) is 4.29. The number of alkyl halides is 3. The molecule has 2 heterocycles. The zero-order valence-electron chi connectivity index (χ0n) is 16.3. The van der Waals surface area contributed by atoms with Crippen LogP contribution in [-0.4, -0.2) is 21.2 Å². The molecule has 3 aromatic rings. The van der Waals surface area contributed by atoms with E-state index < -0.39 is 17.6 Å². The minimum absolute atomic E-state index is 0.0230. The van der Waals surface area contributed by atoms with Crippen LogP contribution in [0.5, 0.6) is 0 Å². The SMILES string of the molecule is CC(C)CCn1c(SCC(=O)Nc2ccc(C(F)(F)F)cc2)nc2ccsc2c1=O. The number of anilines is 1. The molecule has 5 nitrogen and oxygen atoms in total. The molecule has 0 saturated carbocycles. The Kier molecular flexibility index (Phi) is 6.87. The first-order valence-corrected chi connectivity index (χ1v) is 11.1. The fourth-order valence-electron chi connectivity index (χ4n) is 2.69. The van der Waals surface area contributed by atoms with Crippen LogP contribution in [0.25, 0.3) is 10.2 Å². The van der Waals surface area contributed by atoms with Gasteiger partial charge in [0.15, 0.2) is 5.16 Å². The second-order valence-corrected chi connectivity index (χ2v) is 8.94. The molecule has 0 atom stereocenters. The summed E-state index contributed by atoms with van der Waals surface area (Å²) in [6, 6.07) is 6.01. The number of nitrogens with zero attached hydrogens (tertiary/aromatic N) is 2. The van der Waals surface area contributed by atoms with Crippen molar-refractivity contribution < 1.29 is 18.0 Å². The van der Waals surface area contributed by atoms with Crippen LogP contribution in [0.15, 0.2) is 45.7 Å². The van der Waals surface area contributed by atoms with Crippen LogP contribution in [0.4, 0.5) is 18.9 Å². The second kappa shape index (κ2) is 9.22. The van der Waals surface area contributed by atoms with E-state index in [2.05, 4.69) is 24.1 Å². The van der Waals surface area contributed by atoms with Crippen molar-refractivity contribution in [3.05, 3.63) is 51.6 Å². The number of amides is 1. The number of rotatable bonds is 7. The molecule has 0 aliphatic heterocycles. The summed E-state index contributed by atoms with van der Waals surface area (Å²) in [4.78, 5) is 29.6. The highest BCUT2D eigenvalue weighted by Gasteiger charge is 2.30. The number of fused-ring (bicyclic) bond motifs is 1. The van der Waals surface area contributed by atoms with Crippen molar-refractivity contribution in [3.63, 3.8) is 0 Å². The Morgan fingerprint density at radius 3 is 2.57 bits per heavy atom. The molecule has 30 heavy (non-hydrogen) atoms. The average Bonchev–Trinajstić information content (AvgIpc) is 3.14. The number of thiophene rings is 1. The van der Waals surface area contributed by atoms with Crippen LogP contribution in [0.1, 0.15) is 25.8 Å². The number of benzene rings is 1. The first-order valence-electron chi connectivity index (χ1n) is 9.23. The Morgan fingerprint density at radius 1 is 1.23 bits per heavy atom. The molecule has 2 aromatic heterocycles. The highest BCUT2D eigenvalue weighted by Crippen LogP contribution is 2.30. The normalized spacial score (nSPS) is 11.9. The predicted molar refractivity (Wildman–Crippen MR) is 114 cm³/mol. The predicted octanol–water partition coefficient (Wildman–Crippen LogP) is 5.25. The smallest absolute Gasteiger partial charge is 0.325 e. The van der Waals surface area contributed by atoms with E-state index in [1.54, 1.807) is 16.0 Å². The Morgan fingerprint density at radius 2 is 1.93 bits per heavy atom. The van der Waals surface area contributed by atoms with Gasteiger partial charge >= 0.3 is 6.18 Å². The third-order valence-corrected chi connectivity index (χ3v) is 6.16.